The van der Waals surface area contributed by atoms with Gasteiger partial charge in [0.05, 0.1) is 0 Å². The van der Waals surface area contributed by atoms with Crippen LogP contribution in [0.2, 0.25) is 0 Å². The Kier molecular flexibility index (Phi) is 2.18. The molecule has 14 heavy (non-hydrogen) atoms. The second-order valence-electron chi connectivity index (χ2n) is 4.73. The summed E-state index contributed by atoms with van der Waals surface area (Å²) in [6, 6.07) is 13.8. The van der Waals surface area contributed by atoms with Crippen molar-refractivity contribution in [2.45, 2.75) is 26.2 Å². The van der Waals surface area contributed by atoms with Crippen molar-refractivity contribution >= 4 is 17.6 Å². The second-order valence-corrected chi connectivity index (χ2v) is 4.73. The summed E-state index contributed by atoms with van der Waals surface area (Å²) in [6.07, 6.45) is 0. The van der Waals surface area contributed by atoms with Crippen LogP contribution in [0.3, 0.4) is 0 Å². The van der Waals surface area contributed by atoms with E-state index in [1.54, 1.807) is 0 Å². The third kappa shape index (κ3) is 1.72. The molecular formula is C13H14B. The van der Waals surface area contributed by atoms with E-state index in [0.717, 1.165) is 0 Å². The predicted octanol–water partition coefficient (Wildman–Crippen LogP) is 3.28. The van der Waals surface area contributed by atoms with Crippen molar-refractivity contribution in [1.82, 2.24) is 0 Å². The number of hydrogen-bond donors (Lipinski definition) is 0. The van der Waals surface area contributed by atoms with Crippen molar-refractivity contribution < 1.29 is 0 Å². The summed E-state index contributed by atoms with van der Waals surface area (Å²) >= 11 is 0. The van der Waals surface area contributed by atoms with Gasteiger partial charge in [0.15, 0.2) is 0 Å². The van der Waals surface area contributed by atoms with Gasteiger partial charge in [0.2, 0.25) is 0 Å². The van der Waals surface area contributed by atoms with Crippen molar-refractivity contribution in [3.63, 3.8) is 0 Å². The molecule has 0 saturated heterocycles. The summed E-state index contributed by atoms with van der Waals surface area (Å²) in [4.78, 5) is 0. The van der Waals surface area contributed by atoms with Crippen molar-refractivity contribution in [1.29, 1.82) is 0 Å². The number of hydrogen-bond acceptors (Lipinski definition) is 0. The van der Waals surface area contributed by atoms with E-state index in [1.165, 1.54) is 16.1 Å². The van der Waals surface area contributed by atoms with Crippen molar-refractivity contribution in [2.24, 2.45) is 0 Å². The van der Waals surface area contributed by atoms with Crippen LogP contribution in [0.1, 0.15) is 26.2 Å². The molecule has 1 heterocycles. The molecule has 1 aromatic carbocycles. The number of rotatable bonds is 0. The third-order valence-corrected chi connectivity index (χ3v) is 2.49. The minimum absolute atomic E-state index is 0.185. The van der Waals surface area contributed by atoms with Crippen LogP contribution in [0, 0.1) is 6.07 Å². The fourth-order valence-electron chi connectivity index (χ4n) is 1.56. The van der Waals surface area contributed by atoms with Gasteiger partial charge >= 0.3 is 85.6 Å². The maximum absolute atomic E-state index is 3.35. The van der Waals surface area contributed by atoms with Crippen LogP contribution >= 0.6 is 0 Å². The molecule has 0 atom stereocenters. The molecule has 0 aliphatic rings. The van der Waals surface area contributed by atoms with E-state index >= 15 is 0 Å². The molecule has 0 N–H and O–H groups in total. The molecule has 0 nitrogen and oxygen atoms in total. The first-order chi connectivity index (χ1) is 6.57. The summed E-state index contributed by atoms with van der Waals surface area (Å²) in [6.45, 7) is 8.88. The fourth-order valence-corrected chi connectivity index (χ4v) is 1.56. The molecule has 2 rings (SSSR count). The summed E-state index contributed by atoms with van der Waals surface area (Å²) in [7, 11) is 0. The summed E-state index contributed by atoms with van der Waals surface area (Å²) < 4.78 is 0. The van der Waals surface area contributed by atoms with Crippen LogP contribution < -0.4 is 0 Å². The average Bonchev–Trinajstić information content (AvgIpc) is 2.16. The zero-order chi connectivity index (χ0) is 10.2. The summed E-state index contributed by atoms with van der Waals surface area (Å²) in [5.41, 5.74) is 1.46. The first-order valence-corrected chi connectivity index (χ1v) is 4.98. The van der Waals surface area contributed by atoms with E-state index < -0.39 is 0 Å². The molecule has 0 unspecified atom stereocenters. The molecule has 1 heteroatoms. The monoisotopic (exact) mass is 181 g/mol. The van der Waals surface area contributed by atoms with Crippen molar-refractivity contribution in [3.05, 3.63) is 41.9 Å². The summed E-state index contributed by atoms with van der Waals surface area (Å²) in [5.74, 6) is 0. The van der Waals surface area contributed by atoms with E-state index in [4.69, 9.17) is 0 Å². The quantitative estimate of drug-likeness (QED) is 0.585. The van der Waals surface area contributed by atoms with E-state index in [1.807, 2.05) is 0 Å². The first-order valence-electron chi connectivity index (χ1n) is 4.98. The van der Waals surface area contributed by atoms with Gasteiger partial charge in [-0.2, -0.15) is 0 Å². The van der Waals surface area contributed by atoms with Gasteiger partial charge in [-0.05, 0) is 0 Å². The molecule has 0 spiro atoms. The van der Waals surface area contributed by atoms with E-state index in [9.17, 15) is 0 Å². The maximum atomic E-state index is 3.35. The zero-order valence-corrected chi connectivity index (χ0v) is 8.96. The zero-order valence-electron chi connectivity index (χ0n) is 8.96. The molecule has 0 aliphatic carbocycles. The number of benzene rings is 1. The normalized spacial score (nSPS) is 11.6. The Morgan fingerprint density at radius 2 is 1.86 bits per heavy atom. The van der Waals surface area contributed by atoms with Crippen molar-refractivity contribution in [2.75, 3.05) is 0 Å². The molecule has 0 saturated carbocycles. The molecule has 0 aliphatic heterocycles. The SMILES string of the molecule is CC(C)(C)c1bc2ccccc2c[c]1. The summed E-state index contributed by atoms with van der Waals surface area (Å²) in [5, 5.41) is 2.57. The van der Waals surface area contributed by atoms with E-state index in [2.05, 4.69) is 64.1 Å². The second kappa shape index (κ2) is 3.23. The standard InChI is InChI=1S/C13H14B/c1-13(2,3)12-9-8-10-6-4-5-7-11(10)14-12/h4-8H,1-3H3. The Hall–Kier alpha value is -1.11. The first kappa shape index (κ1) is 9.45. The Morgan fingerprint density at radius 1 is 1.14 bits per heavy atom. The van der Waals surface area contributed by atoms with Crippen LogP contribution in [0.5, 0.6) is 0 Å². The Bertz CT molecular complexity index is 452. The molecule has 1 aromatic heterocycles. The predicted molar refractivity (Wildman–Crippen MR) is 62.8 cm³/mol. The molecule has 69 valence electrons. The van der Waals surface area contributed by atoms with Gasteiger partial charge in [0.1, 0.15) is 0 Å². The van der Waals surface area contributed by atoms with Gasteiger partial charge < -0.3 is 0 Å². The van der Waals surface area contributed by atoms with Crippen LogP contribution in [0.25, 0.3) is 10.7 Å². The number of fused-ring (bicyclic) bond motifs is 1. The topological polar surface area (TPSA) is 0 Å². The van der Waals surface area contributed by atoms with Gasteiger partial charge in [-0.3, -0.25) is 0 Å². The van der Waals surface area contributed by atoms with Crippen LogP contribution in [0.15, 0.2) is 30.3 Å². The molecule has 0 fully saturated rings. The van der Waals surface area contributed by atoms with Crippen molar-refractivity contribution in [3.8, 4) is 0 Å². The Labute approximate surface area is 86.2 Å². The molecule has 0 bridgehead atoms. The molecule has 2 aromatic rings. The fraction of sp³-hybridized carbons (Fsp3) is 0.308. The molecular weight excluding hydrogens is 167 g/mol. The van der Waals surface area contributed by atoms with E-state index in [0.29, 0.717) is 0 Å². The molecule has 1 radical (unpaired) electrons. The van der Waals surface area contributed by atoms with Crippen LogP contribution in [0.4, 0.5) is 0 Å². The van der Waals surface area contributed by atoms with E-state index in [-0.39, 0.29) is 5.41 Å². The van der Waals surface area contributed by atoms with Crippen LogP contribution in [-0.2, 0) is 5.41 Å². The third-order valence-electron chi connectivity index (χ3n) is 2.49. The van der Waals surface area contributed by atoms with Gasteiger partial charge in [0.25, 0.3) is 0 Å². The van der Waals surface area contributed by atoms with Gasteiger partial charge in [-0.1, -0.05) is 0 Å². The van der Waals surface area contributed by atoms with Gasteiger partial charge in [-0.25, -0.2) is 0 Å². The molecule has 0 amide bonds. The van der Waals surface area contributed by atoms with Gasteiger partial charge in [0, 0.05) is 0 Å². The average molecular weight is 181 g/mol. The Balaban J connectivity index is 2.63. The van der Waals surface area contributed by atoms with Gasteiger partial charge in [-0.15, -0.1) is 0 Å². The van der Waals surface area contributed by atoms with Crippen LogP contribution in [-0.4, -0.2) is 6.91 Å². The minimum atomic E-state index is 0.185. The Morgan fingerprint density at radius 3 is 2.57 bits per heavy atom.